The molecule has 0 bridgehead atoms. The van der Waals surface area contributed by atoms with E-state index < -0.39 is 20.6 Å². The van der Waals surface area contributed by atoms with E-state index in [1.54, 1.807) is 0 Å². The lowest BCUT2D eigenvalue weighted by Crippen LogP contribution is -2.23. The van der Waals surface area contributed by atoms with Crippen LogP contribution in [0.4, 0.5) is 13.2 Å². The molecule has 1 rings (SSSR count). The summed E-state index contributed by atoms with van der Waals surface area (Å²) in [6, 6.07) is 0. The van der Waals surface area contributed by atoms with Crippen molar-refractivity contribution in [1.82, 2.24) is 4.57 Å². The minimum Gasteiger partial charge on any atom is -0.302 e. The van der Waals surface area contributed by atoms with Gasteiger partial charge in [-0.2, -0.15) is 13.2 Å². The summed E-state index contributed by atoms with van der Waals surface area (Å²) in [6.07, 6.45) is 1.51. The fourth-order valence-electron chi connectivity index (χ4n) is 1.04. The zero-order valence-corrected chi connectivity index (χ0v) is 12.4. The molecule has 0 radical (unpaired) electrons. The SMILES string of the molecule is CCOP(=O)(O)OCC(F)(F)F.CCn1cc[n+](C)c1. The number of aryl methyl sites for hydroxylation is 2. The van der Waals surface area contributed by atoms with Crippen LogP contribution in [-0.2, 0) is 27.2 Å². The molecule has 1 unspecified atom stereocenters. The van der Waals surface area contributed by atoms with Crippen LogP contribution in [0.25, 0.3) is 0 Å². The highest BCUT2D eigenvalue weighted by molar-refractivity contribution is 7.47. The van der Waals surface area contributed by atoms with Crippen LogP contribution in [-0.4, -0.2) is 28.9 Å². The minimum atomic E-state index is -4.63. The minimum absolute atomic E-state index is 0.189. The third-order valence-corrected chi connectivity index (χ3v) is 2.91. The number of aromatic nitrogens is 2. The van der Waals surface area contributed by atoms with Gasteiger partial charge in [0, 0.05) is 0 Å². The van der Waals surface area contributed by atoms with E-state index in [0.717, 1.165) is 6.54 Å². The van der Waals surface area contributed by atoms with Crippen LogP contribution in [0.2, 0.25) is 0 Å². The predicted molar refractivity (Wildman–Crippen MR) is 64.7 cm³/mol. The Bertz CT molecular complexity index is 436. The van der Waals surface area contributed by atoms with Gasteiger partial charge in [0.05, 0.1) is 20.2 Å². The van der Waals surface area contributed by atoms with Crippen LogP contribution < -0.4 is 4.57 Å². The summed E-state index contributed by atoms with van der Waals surface area (Å²) in [5.74, 6) is 0. The Morgan fingerprint density at radius 2 is 1.95 bits per heavy atom. The number of phosphoric ester groups is 1. The molecule has 0 aliphatic rings. The Morgan fingerprint density at radius 3 is 2.25 bits per heavy atom. The summed E-state index contributed by atoms with van der Waals surface area (Å²) in [5.41, 5.74) is 0. The average molecular weight is 319 g/mol. The summed E-state index contributed by atoms with van der Waals surface area (Å²) in [4.78, 5) is 8.49. The lowest BCUT2D eigenvalue weighted by atomic mass is 10.7. The molecule has 0 aromatic carbocycles. The summed E-state index contributed by atoms with van der Waals surface area (Å²) in [5, 5.41) is 0. The highest BCUT2D eigenvalue weighted by atomic mass is 31.2. The molecule has 20 heavy (non-hydrogen) atoms. The van der Waals surface area contributed by atoms with Crippen molar-refractivity contribution >= 4 is 7.82 Å². The van der Waals surface area contributed by atoms with Crippen LogP contribution in [0.15, 0.2) is 18.7 Å². The maximum Gasteiger partial charge on any atom is 0.472 e. The van der Waals surface area contributed by atoms with E-state index in [9.17, 15) is 17.7 Å². The first-order chi connectivity index (χ1) is 9.09. The smallest absolute Gasteiger partial charge is 0.302 e. The van der Waals surface area contributed by atoms with Crippen molar-refractivity contribution in [1.29, 1.82) is 0 Å². The number of nitrogens with zero attached hydrogens (tertiary/aromatic N) is 2. The molecule has 0 amide bonds. The molecule has 6 nitrogen and oxygen atoms in total. The summed E-state index contributed by atoms with van der Waals surface area (Å²) < 4.78 is 56.5. The second-order valence-corrected chi connectivity index (χ2v) is 5.14. The van der Waals surface area contributed by atoms with Gasteiger partial charge in [-0.1, -0.05) is 0 Å². The predicted octanol–water partition coefficient (Wildman–Crippen LogP) is 2.03. The Morgan fingerprint density at radius 1 is 1.35 bits per heavy atom. The van der Waals surface area contributed by atoms with Crippen molar-refractivity contribution in [2.75, 3.05) is 13.2 Å². The molecule has 1 N–H and O–H groups in total. The van der Waals surface area contributed by atoms with Crippen LogP contribution in [0.5, 0.6) is 0 Å². The topological polar surface area (TPSA) is 64.6 Å². The van der Waals surface area contributed by atoms with Gasteiger partial charge in [0.2, 0.25) is 6.33 Å². The molecule has 0 saturated carbocycles. The molecule has 10 heteroatoms. The van der Waals surface area contributed by atoms with Crippen molar-refractivity contribution in [2.45, 2.75) is 26.6 Å². The first-order valence-corrected chi connectivity index (χ1v) is 7.28. The van der Waals surface area contributed by atoms with Gasteiger partial charge >= 0.3 is 14.0 Å². The van der Waals surface area contributed by atoms with Crippen LogP contribution in [0.1, 0.15) is 13.8 Å². The van der Waals surface area contributed by atoms with Gasteiger partial charge < -0.3 is 4.89 Å². The summed E-state index contributed by atoms with van der Waals surface area (Å²) in [6.45, 7) is 2.56. The second kappa shape index (κ2) is 8.41. The standard InChI is InChI=1S/C6H11N2.C4H8F3O4P/c1-3-8-5-4-7(2)6-8;1-2-10-12(8,9)11-3-4(5,6)7/h4-6H,3H2,1-2H3;2-3H2,1H3,(H,8,9)/q+1;. The third-order valence-electron chi connectivity index (χ3n) is 1.87. The molecular formula is C10H19F3N2O4P+. The van der Waals surface area contributed by atoms with Crippen molar-refractivity contribution in [3.05, 3.63) is 18.7 Å². The molecular weight excluding hydrogens is 300 g/mol. The van der Waals surface area contributed by atoms with Crippen LogP contribution >= 0.6 is 7.82 Å². The Hall–Kier alpha value is -0.890. The molecule has 0 fully saturated rings. The highest BCUT2D eigenvalue weighted by Crippen LogP contribution is 2.44. The van der Waals surface area contributed by atoms with Gasteiger partial charge in [-0.25, -0.2) is 13.7 Å². The maximum absolute atomic E-state index is 11.4. The molecule has 1 aromatic rings. The van der Waals surface area contributed by atoms with E-state index in [1.165, 1.54) is 6.92 Å². The zero-order valence-electron chi connectivity index (χ0n) is 11.5. The molecule has 1 heterocycles. The number of hydrogen-bond acceptors (Lipinski definition) is 3. The average Bonchev–Trinajstić information content (AvgIpc) is 2.73. The van der Waals surface area contributed by atoms with E-state index in [2.05, 4.69) is 33.1 Å². The molecule has 118 valence electrons. The highest BCUT2D eigenvalue weighted by Gasteiger charge is 2.33. The molecule has 0 saturated heterocycles. The summed E-state index contributed by atoms with van der Waals surface area (Å²) >= 11 is 0. The van der Waals surface area contributed by atoms with Gasteiger partial charge in [0.1, 0.15) is 12.4 Å². The van der Waals surface area contributed by atoms with Crippen molar-refractivity contribution in [3.63, 3.8) is 0 Å². The third kappa shape index (κ3) is 9.96. The van der Waals surface area contributed by atoms with Crippen molar-refractivity contribution < 1.29 is 36.2 Å². The lowest BCUT2D eigenvalue weighted by molar-refractivity contribution is -0.671. The molecule has 1 atom stereocenters. The number of hydrogen-bond donors (Lipinski definition) is 1. The second-order valence-electron chi connectivity index (χ2n) is 3.68. The molecule has 0 spiro atoms. The van der Waals surface area contributed by atoms with Gasteiger partial charge in [0.15, 0.2) is 6.61 Å². The van der Waals surface area contributed by atoms with Gasteiger partial charge in [-0.15, -0.1) is 0 Å². The Balaban J connectivity index is 0.000000388. The maximum atomic E-state index is 11.4. The van der Waals surface area contributed by atoms with Crippen LogP contribution in [0.3, 0.4) is 0 Å². The first kappa shape index (κ1) is 19.1. The molecule has 1 aromatic heterocycles. The van der Waals surface area contributed by atoms with E-state index >= 15 is 0 Å². The summed E-state index contributed by atoms with van der Waals surface area (Å²) in [7, 11) is -2.49. The number of phosphoric acid groups is 1. The lowest BCUT2D eigenvalue weighted by Gasteiger charge is -2.11. The number of alkyl halides is 3. The van der Waals surface area contributed by atoms with Gasteiger partial charge in [-0.05, 0) is 13.8 Å². The monoisotopic (exact) mass is 319 g/mol. The number of rotatable bonds is 5. The van der Waals surface area contributed by atoms with Gasteiger partial charge in [0.25, 0.3) is 0 Å². The molecule has 0 aliphatic carbocycles. The number of halogens is 3. The fourth-order valence-corrected chi connectivity index (χ4v) is 1.75. The fraction of sp³-hybridized carbons (Fsp3) is 0.700. The largest absolute Gasteiger partial charge is 0.472 e. The quantitative estimate of drug-likeness (QED) is 0.666. The normalized spacial score (nSPS) is 14.3. The Kier molecular flexibility index (Phi) is 8.03. The van der Waals surface area contributed by atoms with Crippen molar-refractivity contribution in [2.24, 2.45) is 7.05 Å². The van der Waals surface area contributed by atoms with Crippen molar-refractivity contribution in [3.8, 4) is 0 Å². The Labute approximate surface area is 115 Å². The first-order valence-electron chi connectivity index (χ1n) is 5.79. The van der Waals surface area contributed by atoms with Crippen LogP contribution in [0, 0.1) is 0 Å². The molecule has 0 aliphatic heterocycles. The van der Waals surface area contributed by atoms with E-state index in [1.807, 2.05) is 17.8 Å². The van der Waals surface area contributed by atoms with Gasteiger partial charge in [-0.3, -0.25) is 9.05 Å². The number of imidazole rings is 1. The van der Waals surface area contributed by atoms with E-state index in [0.29, 0.717) is 0 Å². The zero-order chi connectivity index (χ0) is 15.8. The van der Waals surface area contributed by atoms with E-state index in [-0.39, 0.29) is 6.61 Å². The van der Waals surface area contributed by atoms with E-state index in [4.69, 9.17) is 4.89 Å².